The van der Waals surface area contributed by atoms with Crippen molar-refractivity contribution in [3.63, 3.8) is 0 Å². The average Bonchev–Trinajstić information content (AvgIpc) is 2.21. The number of rotatable bonds is 3. The van der Waals surface area contributed by atoms with Gasteiger partial charge in [0.2, 0.25) is 5.91 Å². The van der Waals surface area contributed by atoms with Crippen LogP contribution in [-0.2, 0) is 4.79 Å². The van der Waals surface area contributed by atoms with Crippen molar-refractivity contribution >= 4 is 23.2 Å². The van der Waals surface area contributed by atoms with E-state index >= 15 is 0 Å². The van der Waals surface area contributed by atoms with Crippen LogP contribution in [-0.4, -0.2) is 17.5 Å². The van der Waals surface area contributed by atoms with Gasteiger partial charge in [0.1, 0.15) is 11.9 Å². The third kappa shape index (κ3) is 4.53. The molecule has 3 nitrogen and oxygen atoms in total. The Kier molecular flexibility index (Phi) is 4.57. The third-order valence-corrected chi connectivity index (χ3v) is 2.43. The summed E-state index contributed by atoms with van der Waals surface area (Å²) in [6, 6.07) is 3.64. The molecule has 1 atom stereocenters. The van der Waals surface area contributed by atoms with Gasteiger partial charge in [0.25, 0.3) is 0 Å². The van der Waals surface area contributed by atoms with Crippen LogP contribution in [0, 0.1) is 5.82 Å². The number of anilines is 1. The molecule has 1 aromatic rings. The van der Waals surface area contributed by atoms with E-state index in [1.54, 1.807) is 6.92 Å². The van der Waals surface area contributed by atoms with Crippen molar-refractivity contribution < 1.29 is 9.18 Å². The normalized spacial score (nSPS) is 13.0. The van der Waals surface area contributed by atoms with Crippen molar-refractivity contribution in [2.45, 2.75) is 39.3 Å². The molecule has 0 saturated carbocycles. The second kappa shape index (κ2) is 5.57. The van der Waals surface area contributed by atoms with Gasteiger partial charge in [0.15, 0.2) is 0 Å². The number of hydrogen-bond donors (Lipinski definition) is 2. The first-order chi connectivity index (χ1) is 8.19. The maximum atomic E-state index is 13.5. The second-order valence-electron chi connectivity index (χ2n) is 5.23. The highest BCUT2D eigenvalue weighted by molar-refractivity contribution is 6.30. The van der Waals surface area contributed by atoms with E-state index in [2.05, 4.69) is 10.6 Å². The molecule has 0 aliphatic heterocycles. The Morgan fingerprint density at radius 2 is 2.00 bits per heavy atom. The molecule has 2 N–H and O–H groups in total. The van der Waals surface area contributed by atoms with Gasteiger partial charge in [-0.1, -0.05) is 11.6 Å². The number of benzene rings is 1. The van der Waals surface area contributed by atoms with Gasteiger partial charge in [-0.3, -0.25) is 4.79 Å². The minimum Gasteiger partial charge on any atom is -0.371 e. The Labute approximate surface area is 112 Å². The highest BCUT2D eigenvalue weighted by Gasteiger charge is 2.19. The van der Waals surface area contributed by atoms with Crippen molar-refractivity contribution in [1.29, 1.82) is 0 Å². The van der Waals surface area contributed by atoms with E-state index in [4.69, 9.17) is 11.6 Å². The summed E-state index contributed by atoms with van der Waals surface area (Å²) >= 11 is 5.78. The summed E-state index contributed by atoms with van der Waals surface area (Å²) < 4.78 is 13.5. The van der Waals surface area contributed by atoms with Crippen LogP contribution in [0.3, 0.4) is 0 Å². The molecule has 1 aromatic carbocycles. The largest absolute Gasteiger partial charge is 0.371 e. The number of halogens is 2. The van der Waals surface area contributed by atoms with E-state index in [0.29, 0.717) is 5.02 Å². The predicted octanol–water partition coefficient (Wildman–Crippen LogP) is 3.19. The van der Waals surface area contributed by atoms with E-state index in [-0.39, 0.29) is 17.1 Å². The van der Waals surface area contributed by atoms with Crippen molar-refractivity contribution in [3.8, 4) is 0 Å². The van der Waals surface area contributed by atoms with E-state index in [1.165, 1.54) is 18.2 Å². The molecule has 5 heteroatoms. The second-order valence-corrected chi connectivity index (χ2v) is 5.67. The molecule has 1 unspecified atom stereocenters. The minimum absolute atomic E-state index is 0.193. The molecule has 0 aromatic heterocycles. The van der Waals surface area contributed by atoms with Crippen LogP contribution in [0.1, 0.15) is 27.7 Å². The maximum absolute atomic E-state index is 13.5. The summed E-state index contributed by atoms with van der Waals surface area (Å²) in [4.78, 5) is 11.8. The molecule has 1 rings (SSSR count). The van der Waals surface area contributed by atoms with Crippen molar-refractivity contribution in [3.05, 3.63) is 29.0 Å². The van der Waals surface area contributed by atoms with Gasteiger partial charge >= 0.3 is 0 Å². The van der Waals surface area contributed by atoms with Crippen molar-refractivity contribution in [2.24, 2.45) is 0 Å². The van der Waals surface area contributed by atoms with Gasteiger partial charge < -0.3 is 10.6 Å². The van der Waals surface area contributed by atoms with Gasteiger partial charge in [0.05, 0.1) is 5.69 Å². The SMILES string of the molecule is CC(Nc1cc(Cl)ccc1F)C(=O)NC(C)(C)C. The molecule has 0 radical (unpaired) electrons. The molecule has 100 valence electrons. The Hall–Kier alpha value is -1.29. The highest BCUT2D eigenvalue weighted by Crippen LogP contribution is 2.20. The monoisotopic (exact) mass is 272 g/mol. The molecule has 0 saturated heterocycles. The number of amides is 1. The smallest absolute Gasteiger partial charge is 0.242 e. The predicted molar refractivity (Wildman–Crippen MR) is 72.4 cm³/mol. The van der Waals surface area contributed by atoms with E-state index in [0.717, 1.165) is 0 Å². The lowest BCUT2D eigenvalue weighted by Gasteiger charge is -2.24. The first-order valence-corrected chi connectivity index (χ1v) is 6.10. The summed E-state index contributed by atoms with van der Waals surface area (Å²) in [5.74, 6) is -0.628. The van der Waals surface area contributed by atoms with Crippen LogP contribution in [0.4, 0.5) is 10.1 Å². The Bertz CT molecular complexity index is 443. The zero-order valence-electron chi connectivity index (χ0n) is 11.0. The zero-order valence-corrected chi connectivity index (χ0v) is 11.7. The molecule has 0 bridgehead atoms. The summed E-state index contributed by atoms with van der Waals surface area (Å²) in [5, 5.41) is 6.04. The van der Waals surface area contributed by atoms with Gasteiger partial charge in [-0.2, -0.15) is 0 Å². The maximum Gasteiger partial charge on any atom is 0.242 e. The summed E-state index contributed by atoms with van der Waals surface area (Å²) in [6.07, 6.45) is 0. The first kappa shape index (κ1) is 14.8. The van der Waals surface area contributed by atoms with E-state index in [1.807, 2.05) is 20.8 Å². The molecule has 18 heavy (non-hydrogen) atoms. The van der Waals surface area contributed by atoms with Gasteiger partial charge in [0, 0.05) is 10.6 Å². The van der Waals surface area contributed by atoms with E-state index in [9.17, 15) is 9.18 Å². The third-order valence-electron chi connectivity index (χ3n) is 2.19. The number of carbonyl (C=O) groups excluding carboxylic acids is 1. The number of nitrogens with one attached hydrogen (secondary N) is 2. The van der Waals surface area contributed by atoms with Crippen LogP contribution >= 0.6 is 11.6 Å². The zero-order chi connectivity index (χ0) is 13.9. The molecule has 0 heterocycles. The van der Waals surface area contributed by atoms with Gasteiger partial charge in [-0.05, 0) is 45.9 Å². The molecule has 0 fully saturated rings. The fraction of sp³-hybridized carbons (Fsp3) is 0.462. The summed E-state index contributed by atoms with van der Waals surface area (Å²) in [5.41, 5.74) is -0.0982. The summed E-state index contributed by atoms with van der Waals surface area (Å²) in [6.45, 7) is 7.33. The fourth-order valence-corrected chi connectivity index (χ4v) is 1.56. The van der Waals surface area contributed by atoms with Crippen LogP contribution in [0.2, 0.25) is 5.02 Å². The number of carbonyl (C=O) groups is 1. The molecule has 0 spiro atoms. The standard InChI is InChI=1S/C13H18ClFN2O/c1-8(12(18)17-13(2,3)4)16-11-7-9(14)5-6-10(11)15/h5-8,16H,1-4H3,(H,17,18). The first-order valence-electron chi connectivity index (χ1n) is 5.72. The number of hydrogen-bond acceptors (Lipinski definition) is 2. The topological polar surface area (TPSA) is 41.1 Å². The van der Waals surface area contributed by atoms with E-state index < -0.39 is 11.9 Å². The van der Waals surface area contributed by atoms with Gasteiger partial charge in [-0.15, -0.1) is 0 Å². The molecule has 1 amide bonds. The summed E-state index contributed by atoms with van der Waals surface area (Å²) in [7, 11) is 0. The van der Waals surface area contributed by atoms with Crippen molar-refractivity contribution in [1.82, 2.24) is 5.32 Å². The molecule has 0 aliphatic rings. The molecule has 0 aliphatic carbocycles. The quantitative estimate of drug-likeness (QED) is 0.887. The van der Waals surface area contributed by atoms with Gasteiger partial charge in [-0.25, -0.2) is 4.39 Å². The Morgan fingerprint density at radius 1 is 1.39 bits per heavy atom. The Morgan fingerprint density at radius 3 is 2.56 bits per heavy atom. The lowest BCUT2D eigenvalue weighted by molar-refractivity contribution is -0.122. The average molecular weight is 273 g/mol. The van der Waals surface area contributed by atoms with Crippen LogP contribution in [0.15, 0.2) is 18.2 Å². The highest BCUT2D eigenvalue weighted by atomic mass is 35.5. The lowest BCUT2D eigenvalue weighted by atomic mass is 10.1. The van der Waals surface area contributed by atoms with Crippen LogP contribution in [0.25, 0.3) is 0 Å². The lowest BCUT2D eigenvalue weighted by Crippen LogP contribution is -2.47. The molecular formula is C13H18ClFN2O. The van der Waals surface area contributed by atoms with Crippen LogP contribution in [0.5, 0.6) is 0 Å². The molecular weight excluding hydrogens is 255 g/mol. The fourth-order valence-electron chi connectivity index (χ4n) is 1.38. The minimum atomic E-state index is -0.544. The van der Waals surface area contributed by atoms with Crippen LogP contribution < -0.4 is 10.6 Å². The Balaban J connectivity index is 2.72. The van der Waals surface area contributed by atoms with Crippen molar-refractivity contribution in [2.75, 3.05) is 5.32 Å².